The van der Waals surface area contributed by atoms with Crippen LogP contribution >= 0.6 is 11.3 Å². The third-order valence-corrected chi connectivity index (χ3v) is 6.90. The molecule has 0 radical (unpaired) electrons. The van der Waals surface area contributed by atoms with Crippen molar-refractivity contribution in [3.05, 3.63) is 22.1 Å². The van der Waals surface area contributed by atoms with Crippen molar-refractivity contribution in [1.82, 2.24) is 24.5 Å². The van der Waals surface area contributed by atoms with E-state index in [1.165, 1.54) is 16.9 Å². The smallest absolute Gasteiger partial charge is 0.293 e. The van der Waals surface area contributed by atoms with Gasteiger partial charge >= 0.3 is 0 Å². The summed E-state index contributed by atoms with van der Waals surface area (Å²) in [5.74, 6) is 1.48. The van der Waals surface area contributed by atoms with Crippen molar-refractivity contribution in [3.8, 4) is 0 Å². The van der Waals surface area contributed by atoms with Crippen LogP contribution in [0.25, 0.3) is 15.9 Å². The van der Waals surface area contributed by atoms with Gasteiger partial charge in [-0.1, -0.05) is 6.92 Å². The molecular formula is C20H25N5O2S. The first kappa shape index (κ1) is 18.0. The number of amides is 1. The van der Waals surface area contributed by atoms with E-state index in [2.05, 4.69) is 25.9 Å². The van der Waals surface area contributed by atoms with E-state index in [4.69, 9.17) is 14.7 Å². The summed E-state index contributed by atoms with van der Waals surface area (Å²) < 4.78 is 7.71. The van der Waals surface area contributed by atoms with E-state index in [-0.39, 0.29) is 17.3 Å². The topological polar surface area (TPSA) is 72.6 Å². The Morgan fingerprint density at radius 2 is 2.14 bits per heavy atom. The molecule has 3 aromatic rings. The van der Waals surface area contributed by atoms with Gasteiger partial charge in [-0.2, -0.15) is 4.52 Å². The largest absolute Gasteiger partial charge is 0.370 e. The lowest BCUT2D eigenvalue weighted by Gasteiger charge is -2.30. The molecule has 8 heteroatoms. The zero-order valence-electron chi connectivity index (χ0n) is 16.8. The van der Waals surface area contributed by atoms with Gasteiger partial charge in [0.1, 0.15) is 10.7 Å². The van der Waals surface area contributed by atoms with E-state index < -0.39 is 0 Å². The highest BCUT2D eigenvalue weighted by molar-refractivity contribution is 7.19. The third-order valence-electron chi connectivity index (χ3n) is 5.80. The number of likely N-dealkylation sites (tertiary alicyclic amines) is 1. The molecule has 0 spiro atoms. The van der Waals surface area contributed by atoms with Crippen molar-refractivity contribution in [2.75, 3.05) is 13.1 Å². The summed E-state index contributed by atoms with van der Waals surface area (Å²) >= 11 is 1.66. The van der Waals surface area contributed by atoms with E-state index in [0.717, 1.165) is 47.6 Å². The van der Waals surface area contributed by atoms with E-state index in [9.17, 15) is 4.79 Å². The van der Waals surface area contributed by atoms with Crippen LogP contribution in [0, 0.1) is 12.8 Å². The van der Waals surface area contributed by atoms with Gasteiger partial charge in [0.2, 0.25) is 5.82 Å². The number of carbonyl (C=O) groups excluding carboxylic acids is 1. The predicted octanol–water partition coefficient (Wildman–Crippen LogP) is 3.37. The van der Waals surface area contributed by atoms with Crippen molar-refractivity contribution in [2.45, 2.75) is 59.2 Å². The van der Waals surface area contributed by atoms with Gasteiger partial charge in [-0.15, -0.1) is 16.4 Å². The van der Waals surface area contributed by atoms with Gasteiger partial charge < -0.3 is 9.64 Å². The molecule has 0 unspecified atom stereocenters. The average Bonchev–Trinajstić information content (AvgIpc) is 3.22. The minimum absolute atomic E-state index is 0.0736. The first-order valence-corrected chi connectivity index (χ1v) is 10.7. The summed E-state index contributed by atoms with van der Waals surface area (Å²) in [6.45, 7) is 10.5. The second kappa shape index (κ2) is 6.22. The second-order valence-electron chi connectivity index (χ2n) is 8.74. The summed E-state index contributed by atoms with van der Waals surface area (Å²) in [4.78, 5) is 26.6. The zero-order chi connectivity index (χ0) is 19.6. The molecule has 1 amide bonds. The SMILES string of the molecule is Cc1nc2sc3c(c2c2nc(C(=O)N4CCC[C@@H](C)C4)nn12)CC(C)(C)OC3. The van der Waals surface area contributed by atoms with Crippen molar-refractivity contribution < 1.29 is 9.53 Å². The number of nitrogens with zero attached hydrogens (tertiary/aromatic N) is 5. The number of thiophene rings is 1. The van der Waals surface area contributed by atoms with Crippen LogP contribution in [0.1, 0.15) is 60.5 Å². The number of carbonyl (C=O) groups is 1. The Bertz CT molecular complexity index is 1100. The molecule has 5 heterocycles. The summed E-state index contributed by atoms with van der Waals surface area (Å²) in [6, 6.07) is 0. The van der Waals surface area contributed by atoms with Crippen molar-refractivity contribution in [2.24, 2.45) is 5.92 Å². The predicted molar refractivity (Wildman–Crippen MR) is 108 cm³/mol. The van der Waals surface area contributed by atoms with Crippen LogP contribution in [-0.2, 0) is 17.8 Å². The molecule has 2 aliphatic heterocycles. The highest BCUT2D eigenvalue weighted by Crippen LogP contribution is 2.39. The monoisotopic (exact) mass is 399 g/mol. The van der Waals surface area contributed by atoms with Gasteiger partial charge in [0.15, 0.2) is 5.65 Å². The molecule has 1 saturated heterocycles. The van der Waals surface area contributed by atoms with Gasteiger partial charge in [-0.3, -0.25) is 4.79 Å². The van der Waals surface area contributed by atoms with Crippen LogP contribution in [0.15, 0.2) is 0 Å². The molecule has 148 valence electrons. The maximum Gasteiger partial charge on any atom is 0.293 e. The summed E-state index contributed by atoms with van der Waals surface area (Å²) in [7, 11) is 0. The number of hydrogen-bond acceptors (Lipinski definition) is 6. The Hall–Kier alpha value is -2.06. The number of hydrogen-bond donors (Lipinski definition) is 0. The van der Waals surface area contributed by atoms with E-state index >= 15 is 0 Å². The molecule has 0 aliphatic carbocycles. The highest BCUT2D eigenvalue weighted by Gasteiger charge is 2.32. The maximum atomic E-state index is 13.0. The van der Waals surface area contributed by atoms with E-state index in [1.807, 2.05) is 11.8 Å². The van der Waals surface area contributed by atoms with Gasteiger partial charge in [-0.25, -0.2) is 9.97 Å². The second-order valence-corrected chi connectivity index (χ2v) is 9.82. The Morgan fingerprint density at radius 3 is 2.93 bits per heavy atom. The molecule has 5 rings (SSSR count). The van der Waals surface area contributed by atoms with Crippen LogP contribution in [0.5, 0.6) is 0 Å². The highest BCUT2D eigenvalue weighted by atomic mass is 32.1. The Morgan fingerprint density at radius 1 is 1.32 bits per heavy atom. The maximum absolute atomic E-state index is 13.0. The molecule has 7 nitrogen and oxygen atoms in total. The molecule has 0 saturated carbocycles. The lowest BCUT2D eigenvalue weighted by Crippen LogP contribution is -2.39. The van der Waals surface area contributed by atoms with E-state index in [1.54, 1.807) is 15.9 Å². The molecule has 2 aliphatic rings. The number of piperidine rings is 1. The number of fused-ring (bicyclic) bond motifs is 5. The first-order chi connectivity index (χ1) is 13.3. The van der Waals surface area contributed by atoms with Crippen molar-refractivity contribution in [3.63, 3.8) is 0 Å². The summed E-state index contributed by atoms with van der Waals surface area (Å²) in [5, 5.41) is 5.58. The molecular weight excluding hydrogens is 374 g/mol. The van der Waals surface area contributed by atoms with Gasteiger partial charge in [-0.05, 0) is 45.1 Å². The van der Waals surface area contributed by atoms with Crippen molar-refractivity contribution in [1.29, 1.82) is 0 Å². The quantitative estimate of drug-likeness (QED) is 0.627. The van der Waals surface area contributed by atoms with Crippen LogP contribution in [-0.4, -0.2) is 49.1 Å². The fourth-order valence-corrected chi connectivity index (χ4v) is 5.49. The number of rotatable bonds is 1. The van der Waals surface area contributed by atoms with Crippen LogP contribution in [0.4, 0.5) is 0 Å². The fourth-order valence-electron chi connectivity index (χ4n) is 4.35. The molecule has 28 heavy (non-hydrogen) atoms. The van der Waals surface area contributed by atoms with Crippen LogP contribution in [0.3, 0.4) is 0 Å². The number of aryl methyl sites for hydroxylation is 1. The minimum Gasteiger partial charge on any atom is -0.370 e. The van der Waals surface area contributed by atoms with Crippen molar-refractivity contribution >= 4 is 33.1 Å². The summed E-state index contributed by atoms with van der Waals surface area (Å²) in [5.41, 5.74) is 1.77. The minimum atomic E-state index is -0.217. The Labute approximate surface area is 167 Å². The lowest BCUT2D eigenvalue weighted by atomic mass is 9.94. The summed E-state index contributed by atoms with van der Waals surface area (Å²) in [6.07, 6.45) is 3.02. The first-order valence-electron chi connectivity index (χ1n) is 9.93. The van der Waals surface area contributed by atoms with E-state index in [0.29, 0.717) is 12.5 Å². The third kappa shape index (κ3) is 2.81. The number of ether oxygens (including phenoxy) is 1. The molecule has 3 aromatic heterocycles. The zero-order valence-corrected chi connectivity index (χ0v) is 17.6. The fraction of sp³-hybridized carbons (Fsp3) is 0.600. The molecule has 1 atom stereocenters. The number of aromatic nitrogens is 4. The molecule has 0 aromatic carbocycles. The standard InChI is InChI=1S/C20H25N5O2S/c1-11-6-5-7-24(9-11)19(26)16-22-17-15-13-8-20(3,4)27-10-14(13)28-18(15)21-12(2)25(17)23-16/h11H,5-10H2,1-4H3/t11-/m1/s1. The van der Waals surface area contributed by atoms with Crippen LogP contribution < -0.4 is 0 Å². The van der Waals surface area contributed by atoms with Gasteiger partial charge in [0.25, 0.3) is 5.91 Å². The van der Waals surface area contributed by atoms with Gasteiger partial charge in [0.05, 0.1) is 17.6 Å². The Balaban J connectivity index is 1.64. The average molecular weight is 400 g/mol. The molecule has 0 bridgehead atoms. The lowest BCUT2D eigenvalue weighted by molar-refractivity contribution is -0.0379. The Kier molecular flexibility index (Phi) is 4.00. The normalized spacial score (nSPS) is 22.0. The van der Waals surface area contributed by atoms with Crippen LogP contribution in [0.2, 0.25) is 0 Å². The molecule has 1 fully saturated rings. The molecule has 0 N–H and O–H groups in total. The van der Waals surface area contributed by atoms with Gasteiger partial charge in [0, 0.05) is 24.4 Å².